The van der Waals surface area contributed by atoms with E-state index in [9.17, 15) is 4.39 Å². The fourth-order valence-corrected chi connectivity index (χ4v) is 0.190. The van der Waals surface area contributed by atoms with Gasteiger partial charge < -0.3 is 5.41 Å². The minimum Gasteiger partial charge on any atom is -0.306 e. The third-order valence-electron chi connectivity index (χ3n) is 0.463. The van der Waals surface area contributed by atoms with Gasteiger partial charge in [0.15, 0.2) is 11.0 Å². The Hall–Kier alpha value is -0.700. The molecule has 0 spiro atoms. The van der Waals surface area contributed by atoms with Crippen molar-refractivity contribution in [2.45, 2.75) is 0 Å². The van der Waals surface area contributed by atoms with Gasteiger partial charge in [0.1, 0.15) is 0 Å². The average Bonchev–Trinajstić information content (AvgIpc) is 1.84. The quantitative estimate of drug-likeness (QED) is 0.441. The van der Waals surface area contributed by atoms with Crippen molar-refractivity contribution in [3.63, 3.8) is 0 Å². The summed E-state index contributed by atoms with van der Waals surface area (Å²) in [4.78, 5) is 3.03. The minimum absolute atomic E-state index is 0.375. The molecule has 0 aliphatic rings. The van der Waals surface area contributed by atoms with E-state index in [-0.39, 0.29) is 5.16 Å². The summed E-state index contributed by atoms with van der Waals surface area (Å²) in [5.74, 6) is -0.873. The van der Waals surface area contributed by atoms with Crippen LogP contribution in [0.1, 0.15) is 0 Å². The summed E-state index contributed by atoms with van der Waals surface area (Å²) in [5.41, 5.74) is 0. The Kier molecular flexibility index (Phi) is 3.03. The molecule has 0 fully saturated rings. The number of hydrogen-bond donors (Lipinski definition) is 1. The molecule has 0 aromatic carbocycles. The fourth-order valence-electron chi connectivity index (χ4n) is 0.135. The molecule has 0 rings (SSSR count). The summed E-state index contributed by atoms with van der Waals surface area (Å²) < 4.78 is 11.9. The largest absolute Gasteiger partial charge is 0.306 e. The predicted octanol–water partition coefficient (Wildman–Crippen LogP) is 1.71. The van der Waals surface area contributed by atoms with E-state index >= 15 is 0 Å². The zero-order chi connectivity index (χ0) is 6.57. The monoisotopic (exact) mass is 134 g/mol. The Balaban J connectivity index is 4.25. The SMILES string of the molecule is C=N/C(Cl)=C(/F)C=N. The number of rotatable bonds is 2. The molecule has 0 amide bonds. The van der Waals surface area contributed by atoms with Crippen molar-refractivity contribution < 1.29 is 4.39 Å². The van der Waals surface area contributed by atoms with Crippen molar-refractivity contribution in [2.75, 3.05) is 0 Å². The highest BCUT2D eigenvalue weighted by molar-refractivity contribution is 6.30. The molecule has 0 saturated heterocycles. The van der Waals surface area contributed by atoms with Gasteiger partial charge in [-0.2, -0.15) is 0 Å². The highest BCUT2D eigenvalue weighted by Gasteiger charge is 1.93. The maximum Gasteiger partial charge on any atom is 0.177 e. The zero-order valence-corrected chi connectivity index (χ0v) is 4.74. The van der Waals surface area contributed by atoms with Crippen LogP contribution in [-0.2, 0) is 0 Å². The van der Waals surface area contributed by atoms with E-state index < -0.39 is 5.83 Å². The van der Waals surface area contributed by atoms with Crippen molar-refractivity contribution in [3.05, 3.63) is 11.0 Å². The highest BCUT2D eigenvalue weighted by atomic mass is 35.5. The van der Waals surface area contributed by atoms with Crippen molar-refractivity contribution in [1.82, 2.24) is 0 Å². The lowest BCUT2D eigenvalue weighted by molar-refractivity contribution is 0.679. The standard InChI is InChI=1S/C4H4ClFN2/c1-8-4(5)3(6)2-7/h2,7H,1H2/b4-3+,7-2?. The van der Waals surface area contributed by atoms with Crippen LogP contribution in [0.3, 0.4) is 0 Å². The molecular weight excluding hydrogens is 131 g/mol. The van der Waals surface area contributed by atoms with E-state index in [1.807, 2.05) is 0 Å². The molecule has 0 unspecified atom stereocenters. The van der Waals surface area contributed by atoms with Crippen LogP contribution in [-0.4, -0.2) is 12.9 Å². The second-order valence-corrected chi connectivity index (χ2v) is 1.30. The first-order valence-electron chi connectivity index (χ1n) is 1.75. The first kappa shape index (κ1) is 7.30. The third-order valence-corrected chi connectivity index (χ3v) is 0.763. The molecule has 1 N–H and O–H groups in total. The molecule has 0 aromatic rings. The Bertz CT molecular complexity index is 125. The van der Waals surface area contributed by atoms with Crippen molar-refractivity contribution in [2.24, 2.45) is 4.99 Å². The van der Waals surface area contributed by atoms with Gasteiger partial charge in [0.25, 0.3) is 0 Å². The average molecular weight is 135 g/mol. The summed E-state index contributed by atoms with van der Waals surface area (Å²) in [5, 5.41) is 5.94. The van der Waals surface area contributed by atoms with Crippen molar-refractivity contribution >= 4 is 24.5 Å². The van der Waals surface area contributed by atoms with Gasteiger partial charge in [0.2, 0.25) is 0 Å². The molecular formula is C4H4ClFN2. The molecule has 0 radical (unpaired) electrons. The molecule has 0 aliphatic heterocycles. The van der Waals surface area contributed by atoms with Gasteiger partial charge >= 0.3 is 0 Å². The second-order valence-electron chi connectivity index (χ2n) is 0.941. The molecule has 4 heteroatoms. The molecule has 0 aromatic heterocycles. The zero-order valence-electron chi connectivity index (χ0n) is 3.99. The highest BCUT2D eigenvalue weighted by Crippen LogP contribution is 2.08. The Morgan fingerprint density at radius 3 is 2.50 bits per heavy atom. The Morgan fingerprint density at radius 1 is 1.88 bits per heavy atom. The topological polar surface area (TPSA) is 36.2 Å². The molecule has 0 bridgehead atoms. The van der Waals surface area contributed by atoms with Crippen molar-refractivity contribution in [3.8, 4) is 0 Å². The van der Waals surface area contributed by atoms with Gasteiger partial charge in [0.05, 0.1) is 6.21 Å². The number of nitrogens with zero attached hydrogens (tertiary/aromatic N) is 1. The normalized spacial score (nSPS) is 12.2. The summed E-state index contributed by atoms with van der Waals surface area (Å²) >= 11 is 5.04. The number of halogens is 2. The van der Waals surface area contributed by atoms with Crippen LogP contribution in [0.5, 0.6) is 0 Å². The van der Waals surface area contributed by atoms with E-state index in [4.69, 9.17) is 17.0 Å². The minimum atomic E-state index is -0.873. The van der Waals surface area contributed by atoms with E-state index in [0.717, 1.165) is 0 Å². The predicted molar refractivity (Wildman–Crippen MR) is 32.3 cm³/mol. The molecule has 0 atom stereocenters. The van der Waals surface area contributed by atoms with Crippen molar-refractivity contribution in [1.29, 1.82) is 5.41 Å². The molecule has 2 nitrogen and oxygen atoms in total. The van der Waals surface area contributed by atoms with Gasteiger partial charge in [-0.3, -0.25) is 0 Å². The molecule has 0 aliphatic carbocycles. The summed E-state index contributed by atoms with van der Waals surface area (Å²) in [6, 6.07) is 0. The van der Waals surface area contributed by atoms with E-state index in [1.54, 1.807) is 0 Å². The number of nitrogens with one attached hydrogen (secondary N) is 1. The lowest BCUT2D eigenvalue weighted by Gasteiger charge is -1.83. The molecule has 44 valence electrons. The van der Waals surface area contributed by atoms with Crippen LogP contribution in [0.15, 0.2) is 16.0 Å². The smallest absolute Gasteiger partial charge is 0.177 e. The van der Waals surface area contributed by atoms with Crippen LogP contribution < -0.4 is 0 Å². The van der Waals surface area contributed by atoms with E-state index in [1.165, 1.54) is 0 Å². The lowest BCUT2D eigenvalue weighted by Crippen LogP contribution is -1.74. The van der Waals surface area contributed by atoms with Crippen LogP contribution in [0.4, 0.5) is 4.39 Å². The molecule has 8 heavy (non-hydrogen) atoms. The van der Waals surface area contributed by atoms with Gasteiger partial charge in [-0.05, 0) is 6.72 Å². The number of aliphatic imine (C=N–C) groups is 1. The maximum atomic E-state index is 11.9. The molecule has 0 heterocycles. The Morgan fingerprint density at radius 2 is 2.38 bits per heavy atom. The third kappa shape index (κ3) is 1.84. The van der Waals surface area contributed by atoms with Gasteiger partial charge in [-0.15, -0.1) is 0 Å². The summed E-state index contributed by atoms with van der Waals surface area (Å²) in [6.07, 6.45) is 0.469. The Labute approximate surface area is 51.2 Å². The first-order valence-corrected chi connectivity index (χ1v) is 2.12. The van der Waals surface area contributed by atoms with E-state index in [2.05, 4.69) is 11.7 Å². The summed E-state index contributed by atoms with van der Waals surface area (Å²) in [7, 11) is 0. The first-order chi connectivity index (χ1) is 3.72. The second kappa shape index (κ2) is 3.32. The molecule has 0 saturated carbocycles. The van der Waals surface area contributed by atoms with Crippen LogP contribution in [0.2, 0.25) is 0 Å². The number of hydrogen-bond acceptors (Lipinski definition) is 2. The van der Waals surface area contributed by atoms with Gasteiger partial charge in [0, 0.05) is 0 Å². The maximum absolute atomic E-state index is 11.9. The number of allylic oxidation sites excluding steroid dienone is 1. The lowest BCUT2D eigenvalue weighted by atomic mass is 10.6. The van der Waals surface area contributed by atoms with Crippen LogP contribution in [0, 0.1) is 5.41 Å². The van der Waals surface area contributed by atoms with Gasteiger partial charge in [-0.1, -0.05) is 11.6 Å². The van der Waals surface area contributed by atoms with Crippen LogP contribution in [0.25, 0.3) is 0 Å². The summed E-state index contributed by atoms with van der Waals surface area (Å²) in [6.45, 7) is 2.95. The van der Waals surface area contributed by atoms with E-state index in [0.29, 0.717) is 6.21 Å². The fraction of sp³-hybridized carbons (Fsp3) is 0. The van der Waals surface area contributed by atoms with Crippen LogP contribution >= 0.6 is 11.6 Å². The van der Waals surface area contributed by atoms with Gasteiger partial charge in [-0.25, -0.2) is 9.38 Å².